The van der Waals surface area contributed by atoms with Crippen LogP contribution in [0.3, 0.4) is 0 Å². The van der Waals surface area contributed by atoms with Gasteiger partial charge < -0.3 is 10.2 Å². The van der Waals surface area contributed by atoms with Crippen LogP contribution in [0, 0.1) is 0 Å². The molecule has 0 unspecified atom stereocenters. The molecule has 0 bridgehead atoms. The van der Waals surface area contributed by atoms with E-state index in [1.54, 1.807) is 12.1 Å². The van der Waals surface area contributed by atoms with Crippen molar-refractivity contribution in [1.82, 2.24) is 4.90 Å². The predicted molar refractivity (Wildman–Crippen MR) is 75.6 cm³/mol. The molecule has 0 aromatic heterocycles. The summed E-state index contributed by atoms with van der Waals surface area (Å²) in [6.45, 7) is 2.22. The highest BCUT2D eigenvalue weighted by molar-refractivity contribution is 6.44. The number of piperidine rings is 1. The van der Waals surface area contributed by atoms with Crippen LogP contribution in [0.25, 0.3) is 0 Å². The first-order chi connectivity index (χ1) is 8.06. The first-order valence-electron chi connectivity index (χ1n) is 5.66. The maximum atomic E-state index is 6.13. The van der Waals surface area contributed by atoms with Crippen LogP contribution in [0.5, 0.6) is 0 Å². The van der Waals surface area contributed by atoms with Gasteiger partial charge in [-0.15, -0.1) is 0 Å². The molecule has 0 radical (unpaired) electrons. The number of likely N-dealkylation sites (tertiary alicyclic amines) is 1. The molecule has 1 heterocycles. The fourth-order valence-corrected chi connectivity index (χ4v) is 2.61. The molecule has 1 fully saturated rings. The van der Waals surface area contributed by atoms with E-state index in [1.165, 1.54) is 0 Å². The largest absolute Gasteiger partial charge is 0.381 e. The van der Waals surface area contributed by atoms with Gasteiger partial charge in [0.2, 0.25) is 0 Å². The van der Waals surface area contributed by atoms with Crippen LogP contribution in [-0.2, 0) is 0 Å². The Labute approximate surface area is 117 Å². The lowest BCUT2D eigenvalue weighted by Gasteiger charge is -2.30. The van der Waals surface area contributed by atoms with Gasteiger partial charge in [-0.1, -0.05) is 34.8 Å². The Hall–Kier alpha value is -0.150. The molecule has 1 aliphatic heterocycles. The molecule has 0 spiro atoms. The average Bonchev–Trinajstić information content (AvgIpc) is 2.29. The monoisotopic (exact) mass is 292 g/mol. The van der Waals surface area contributed by atoms with Gasteiger partial charge in [-0.2, -0.15) is 0 Å². The zero-order chi connectivity index (χ0) is 12.4. The van der Waals surface area contributed by atoms with E-state index in [0.717, 1.165) is 31.6 Å². The third kappa shape index (κ3) is 3.41. The van der Waals surface area contributed by atoms with Gasteiger partial charge in [-0.3, -0.25) is 0 Å². The van der Waals surface area contributed by atoms with Gasteiger partial charge in [0.05, 0.1) is 20.8 Å². The minimum atomic E-state index is 0.459. The van der Waals surface area contributed by atoms with Gasteiger partial charge >= 0.3 is 0 Å². The van der Waals surface area contributed by atoms with Crippen LogP contribution >= 0.6 is 34.8 Å². The Bertz CT molecular complexity index is 401. The Morgan fingerprint density at radius 2 is 1.65 bits per heavy atom. The molecule has 1 aromatic carbocycles. The highest BCUT2D eigenvalue weighted by Gasteiger charge is 2.17. The standard InChI is InChI=1S/C12H15Cl3N2/c1-17-4-2-8(3-5-17)16-12-7-10(14)9(13)6-11(12)15/h6-8,16H,2-5H2,1H3. The quantitative estimate of drug-likeness (QED) is 0.824. The minimum Gasteiger partial charge on any atom is -0.381 e. The summed E-state index contributed by atoms with van der Waals surface area (Å²) >= 11 is 18.0. The molecule has 0 aliphatic carbocycles. The Morgan fingerprint density at radius 1 is 1.06 bits per heavy atom. The van der Waals surface area contributed by atoms with E-state index in [4.69, 9.17) is 34.8 Å². The molecular formula is C12H15Cl3N2. The van der Waals surface area contributed by atoms with Crippen molar-refractivity contribution in [2.24, 2.45) is 0 Å². The molecule has 2 nitrogen and oxygen atoms in total. The first-order valence-corrected chi connectivity index (χ1v) is 6.79. The predicted octanol–water partition coefficient (Wildman–Crippen LogP) is 4.15. The van der Waals surface area contributed by atoms with Crippen molar-refractivity contribution >= 4 is 40.5 Å². The highest BCUT2D eigenvalue weighted by Crippen LogP contribution is 2.33. The maximum Gasteiger partial charge on any atom is 0.0653 e. The highest BCUT2D eigenvalue weighted by atomic mass is 35.5. The Balaban J connectivity index is 2.06. The van der Waals surface area contributed by atoms with Crippen LogP contribution in [0.2, 0.25) is 15.1 Å². The molecule has 1 aliphatic rings. The number of hydrogen-bond donors (Lipinski definition) is 1. The molecule has 0 saturated carbocycles. The molecule has 1 N–H and O–H groups in total. The van der Waals surface area contributed by atoms with Crippen molar-refractivity contribution in [3.05, 3.63) is 27.2 Å². The van der Waals surface area contributed by atoms with Gasteiger partial charge in [0, 0.05) is 6.04 Å². The van der Waals surface area contributed by atoms with Gasteiger partial charge in [-0.25, -0.2) is 0 Å². The summed E-state index contributed by atoms with van der Waals surface area (Å²) in [6, 6.07) is 3.94. The molecule has 17 heavy (non-hydrogen) atoms. The molecule has 0 amide bonds. The summed E-state index contributed by atoms with van der Waals surface area (Å²) in [5.41, 5.74) is 0.871. The molecular weight excluding hydrogens is 279 g/mol. The van der Waals surface area contributed by atoms with E-state index < -0.39 is 0 Å². The summed E-state index contributed by atoms with van der Waals surface area (Å²) < 4.78 is 0. The van der Waals surface area contributed by atoms with Gasteiger partial charge in [0.15, 0.2) is 0 Å². The van der Waals surface area contributed by atoms with Crippen molar-refractivity contribution in [3.8, 4) is 0 Å². The second-order valence-corrected chi connectivity index (χ2v) is 5.69. The molecule has 2 rings (SSSR count). The summed E-state index contributed by atoms with van der Waals surface area (Å²) in [7, 11) is 2.14. The fourth-order valence-electron chi connectivity index (χ4n) is 2.01. The van der Waals surface area contributed by atoms with Crippen LogP contribution in [0.4, 0.5) is 5.69 Å². The SMILES string of the molecule is CN1CCC(Nc2cc(Cl)c(Cl)cc2Cl)CC1. The van der Waals surface area contributed by atoms with Crippen molar-refractivity contribution in [2.45, 2.75) is 18.9 Å². The van der Waals surface area contributed by atoms with Crippen molar-refractivity contribution in [2.75, 3.05) is 25.5 Å². The lowest BCUT2D eigenvalue weighted by molar-refractivity contribution is 0.264. The normalized spacial score (nSPS) is 18.4. The van der Waals surface area contributed by atoms with E-state index >= 15 is 0 Å². The topological polar surface area (TPSA) is 15.3 Å². The maximum absolute atomic E-state index is 6.13. The number of anilines is 1. The summed E-state index contributed by atoms with van der Waals surface area (Å²) in [5, 5.41) is 5.08. The number of halogens is 3. The van der Waals surface area contributed by atoms with Crippen molar-refractivity contribution in [3.63, 3.8) is 0 Å². The van der Waals surface area contributed by atoms with Gasteiger partial charge in [0.25, 0.3) is 0 Å². The Morgan fingerprint density at radius 3 is 2.29 bits per heavy atom. The first kappa shape index (κ1) is 13.3. The molecule has 94 valence electrons. The number of nitrogens with one attached hydrogen (secondary N) is 1. The van der Waals surface area contributed by atoms with Crippen molar-refractivity contribution < 1.29 is 0 Å². The molecule has 1 aromatic rings. The number of rotatable bonds is 2. The lowest BCUT2D eigenvalue weighted by Crippen LogP contribution is -2.36. The van der Waals surface area contributed by atoms with E-state index in [2.05, 4.69) is 17.3 Å². The molecule has 5 heteroatoms. The van der Waals surface area contributed by atoms with Crippen LogP contribution < -0.4 is 5.32 Å². The second kappa shape index (κ2) is 5.66. The number of benzene rings is 1. The lowest BCUT2D eigenvalue weighted by atomic mass is 10.1. The van der Waals surface area contributed by atoms with Crippen LogP contribution in [0.1, 0.15) is 12.8 Å². The van der Waals surface area contributed by atoms with E-state index in [-0.39, 0.29) is 0 Å². The third-order valence-electron chi connectivity index (χ3n) is 3.09. The summed E-state index contributed by atoms with van der Waals surface area (Å²) in [6.07, 6.45) is 2.24. The summed E-state index contributed by atoms with van der Waals surface area (Å²) in [5.74, 6) is 0. The summed E-state index contributed by atoms with van der Waals surface area (Å²) in [4.78, 5) is 2.33. The zero-order valence-electron chi connectivity index (χ0n) is 9.64. The Kier molecular flexibility index (Phi) is 4.42. The van der Waals surface area contributed by atoms with E-state index in [9.17, 15) is 0 Å². The molecule has 1 saturated heterocycles. The average molecular weight is 294 g/mol. The smallest absolute Gasteiger partial charge is 0.0653 e. The van der Waals surface area contributed by atoms with Crippen LogP contribution in [0.15, 0.2) is 12.1 Å². The minimum absolute atomic E-state index is 0.459. The zero-order valence-corrected chi connectivity index (χ0v) is 11.9. The van der Waals surface area contributed by atoms with Crippen molar-refractivity contribution in [1.29, 1.82) is 0 Å². The number of hydrogen-bond acceptors (Lipinski definition) is 2. The van der Waals surface area contributed by atoms with Gasteiger partial charge in [-0.05, 0) is 45.1 Å². The number of nitrogens with zero attached hydrogens (tertiary/aromatic N) is 1. The second-order valence-electron chi connectivity index (χ2n) is 4.47. The van der Waals surface area contributed by atoms with Crippen LogP contribution in [-0.4, -0.2) is 31.1 Å². The van der Waals surface area contributed by atoms with E-state index in [1.807, 2.05) is 0 Å². The third-order valence-corrected chi connectivity index (χ3v) is 4.12. The molecule has 0 atom stereocenters. The van der Waals surface area contributed by atoms with E-state index in [0.29, 0.717) is 21.1 Å². The van der Waals surface area contributed by atoms with Gasteiger partial charge in [0.1, 0.15) is 0 Å². The fraction of sp³-hybridized carbons (Fsp3) is 0.500.